The molecule has 3 aromatic carbocycles. The predicted molar refractivity (Wildman–Crippen MR) is 151 cm³/mol. The number of rotatable bonds is 6. The molecule has 34 heavy (non-hydrogen) atoms. The van der Waals surface area contributed by atoms with Crippen LogP contribution in [0.5, 0.6) is 0 Å². The average Bonchev–Trinajstić information content (AvgIpc) is 3.02. The fourth-order valence-corrected chi connectivity index (χ4v) is 13.9. The highest BCUT2D eigenvalue weighted by Gasteiger charge is 2.51. The van der Waals surface area contributed by atoms with Gasteiger partial charge in [-0.05, 0) is 81.2 Å². The number of likely N-dealkylation sites (N-methyl/N-ethyl adjacent to an activating group) is 1. The summed E-state index contributed by atoms with van der Waals surface area (Å²) in [7, 11) is -4.12. The molecule has 1 heterocycles. The summed E-state index contributed by atoms with van der Waals surface area (Å²) in [5.41, 5.74) is 2.38. The van der Waals surface area contributed by atoms with E-state index in [9.17, 15) is 0 Å². The van der Waals surface area contributed by atoms with Gasteiger partial charge in [0.15, 0.2) is 24.0 Å². The van der Waals surface area contributed by atoms with Crippen molar-refractivity contribution in [2.45, 2.75) is 64.2 Å². The second-order valence-corrected chi connectivity index (χ2v) is 23.4. The molecule has 0 saturated carbocycles. The van der Waals surface area contributed by atoms with Gasteiger partial charge in [0.05, 0.1) is 0 Å². The second kappa shape index (κ2) is 9.49. The van der Waals surface area contributed by atoms with Gasteiger partial charge >= 0.3 is 0 Å². The summed E-state index contributed by atoms with van der Waals surface area (Å²) in [6.07, 6.45) is -0.0344. The Labute approximate surface area is 207 Å². The summed E-state index contributed by atoms with van der Waals surface area (Å²) in [6, 6.07) is 26.1. The van der Waals surface area contributed by atoms with Crippen molar-refractivity contribution in [2.75, 3.05) is 7.05 Å². The molecule has 4 atom stereocenters. The van der Waals surface area contributed by atoms with Crippen LogP contribution in [0.2, 0.25) is 39.3 Å². The number of hydrogen-bond acceptors (Lipinski definition) is 3. The van der Waals surface area contributed by atoms with E-state index in [-0.39, 0.29) is 18.0 Å². The molecule has 1 saturated heterocycles. The van der Waals surface area contributed by atoms with Crippen LogP contribution in [0, 0.1) is 0 Å². The van der Waals surface area contributed by atoms with Crippen LogP contribution in [0.25, 0.3) is 10.8 Å². The molecule has 0 radical (unpaired) electrons. The summed E-state index contributed by atoms with van der Waals surface area (Å²) >= 11 is 0. The van der Waals surface area contributed by atoms with E-state index in [1.165, 1.54) is 21.9 Å². The highest BCUT2D eigenvalue weighted by Crippen LogP contribution is 2.73. The van der Waals surface area contributed by atoms with E-state index in [1.807, 2.05) is 0 Å². The highest BCUT2D eigenvalue weighted by atomic mass is 31.2. The van der Waals surface area contributed by atoms with Gasteiger partial charge in [-0.15, -0.1) is 0 Å². The molecular weight excluding hydrogens is 471 g/mol. The molecule has 0 N–H and O–H groups in total. The molecule has 0 spiro atoms. The minimum Gasteiger partial charge on any atom is -0.402 e. The lowest BCUT2D eigenvalue weighted by Crippen LogP contribution is -2.32. The lowest BCUT2D eigenvalue weighted by molar-refractivity contribution is 0.201. The molecular formula is C27H39N2O2PSi2. The zero-order chi connectivity index (χ0) is 24.7. The molecule has 1 fully saturated rings. The number of fused-ring (bicyclic) bond motifs is 1. The molecule has 4 nitrogen and oxygen atoms in total. The molecule has 1 aliphatic heterocycles. The third-order valence-electron chi connectivity index (χ3n) is 6.15. The van der Waals surface area contributed by atoms with Gasteiger partial charge in [-0.3, -0.25) is 0 Å². The van der Waals surface area contributed by atoms with Crippen LogP contribution in [0.3, 0.4) is 0 Å². The molecule has 0 aromatic heterocycles. The van der Waals surface area contributed by atoms with Crippen LogP contribution in [0.15, 0.2) is 77.2 Å². The van der Waals surface area contributed by atoms with E-state index >= 15 is 0 Å². The third-order valence-corrected chi connectivity index (χ3v) is 13.7. The first-order valence-corrected chi connectivity index (χ1v) is 20.7. The third kappa shape index (κ3) is 5.33. The summed E-state index contributed by atoms with van der Waals surface area (Å²) in [5, 5.41) is 2.47. The quantitative estimate of drug-likeness (QED) is 0.246. The molecule has 1 aliphatic rings. The van der Waals surface area contributed by atoms with E-state index in [2.05, 4.69) is 131 Å². The zero-order valence-corrected chi connectivity index (χ0v) is 24.7. The van der Waals surface area contributed by atoms with Crippen molar-refractivity contribution in [3.8, 4) is 0 Å². The van der Waals surface area contributed by atoms with E-state index in [4.69, 9.17) is 13.4 Å². The van der Waals surface area contributed by atoms with Gasteiger partial charge in [0.25, 0.3) is 0 Å². The Hall–Kier alpha value is -1.54. The molecule has 3 aromatic rings. The van der Waals surface area contributed by atoms with E-state index in [0.29, 0.717) is 0 Å². The predicted octanol–water partition coefficient (Wildman–Crippen LogP) is 8.65. The molecule has 182 valence electrons. The number of benzene rings is 3. The molecule has 4 rings (SSSR count). The van der Waals surface area contributed by atoms with Crippen LogP contribution in [0.1, 0.15) is 30.0 Å². The van der Waals surface area contributed by atoms with Crippen LogP contribution in [-0.4, -0.2) is 34.3 Å². The van der Waals surface area contributed by atoms with Gasteiger partial charge in [0, 0.05) is 6.04 Å². The standard InChI is InChI=1S/C27H39N2O2PSi2/c1-21-26(23-15-10-9-11-16-23)30-32(29(21)2,28-33(3,4)5)27(31-34(6,7)8)25-19-18-22-14-12-13-17-24(22)20-25/h9-21,26-27H,1-8H3/t21-,26-,27-,32+/m0/s1. The smallest absolute Gasteiger partial charge is 0.185 e. The van der Waals surface area contributed by atoms with Gasteiger partial charge in [-0.2, -0.15) is 0 Å². The van der Waals surface area contributed by atoms with Crippen molar-refractivity contribution >= 4 is 34.8 Å². The van der Waals surface area contributed by atoms with Gasteiger partial charge in [-0.25, -0.2) is 4.67 Å². The number of hydrogen-bond donors (Lipinski definition) is 0. The lowest BCUT2D eigenvalue weighted by atomic mass is 10.0. The fraction of sp³-hybridized carbons (Fsp3) is 0.407. The van der Waals surface area contributed by atoms with Crippen molar-refractivity contribution in [2.24, 2.45) is 4.41 Å². The van der Waals surface area contributed by atoms with Crippen molar-refractivity contribution in [3.05, 3.63) is 83.9 Å². The van der Waals surface area contributed by atoms with Gasteiger partial charge in [0.2, 0.25) is 0 Å². The van der Waals surface area contributed by atoms with Crippen molar-refractivity contribution in [3.63, 3.8) is 0 Å². The Morgan fingerprint density at radius 3 is 2.12 bits per heavy atom. The Morgan fingerprint density at radius 2 is 1.50 bits per heavy atom. The summed E-state index contributed by atoms with van der Waals surface area (Å²) in [6.45, 7) is 16.0. The minimum atomic E-state index is -2.51. The average molecular weight is 511 g/mol. The first-order valence-electron chi connectivity index (χ1n) is 12.2. The van der Waals surface area contributed by atoms with Crippen LogP contribution in [-0.2, 0) is 8.95 Å². The molecule has 7 heteroatoms. The minimum absolute atomic E-state index is 0.0344. The summed E-state index contributed by atoms with van der Waals surface area (Å²) in [5.74, 6) is -0.211. The zero-order valence-electron chi connectivity index (χ0n) is 21.8. The Bertz CT molecular complexity index is 1200. The fourth-order valence-electron chi connectivity index (χ4n) is 4.59. The van der Waals surface area contributed by atoms with Crippen LogP contribution >= 0.6 is 7.43 Å². The Kier molecular flexibility index (Phi) is 7.13. The van der Waals surface area contributed by atoms with Crippen molar-refractivity contribution < 1.29 is 8.95 Å². The maximum Gasteiger partial charge on any atom is 0.185 e. The van der Waals surface area contributed by atoms with E-state index < -0.39 is 24.0 Å². The van der Waals surface area contributed by atoms with E-state index in [1.54, 1.807) is 0 Å². The maximum atomic E-state index is 7.21. The van der Waals surface area contributed by atoms with Crippen molar-refractivity contribution in [1.82, 2.24) is 4.67 Å². The first-order chi connectivity index (χ1) is 15.9. The number of nitrogens with zero attached hydrogens (tertiary/aromatic N) is 2. The molecule has 0 aliphatic carbocycles. The Morgan fingerprint density at radius 1 is 0.882 bits per heavy atom. The molecule has 0 amide bonds. The second-order valence-electron chi connectivity index (χ2n) is 11.3. The maximum absolute atomic E-state index is 7.21. The topological polar surface area (TPSA) is 34.1 Å². The SMILES string of the molecule is C[C@H]1[C@@H](c2ccccc2)O[P@@](=N[Si](C)(C)C)([C@H](O[Si](C)(C)C)c2ccc3ccccc3c2)N1C. The first kappa shape index (κ1) is 25.6. The summed E-state index contributed by atoms with van der Waals surface area (Å²) < 4.78 is 22.3. The molecule has 0 bridgehead atoms. The van der Waals surface area contributed by atoms with Crippen LogP contribution in [0.4, 0.5) is 0 Å². The lowest BCUT2D eigenvalue weighted by Gasteiger charge is -2.39. The van der Waals surface area contributed by atoms with Gasteiger partial charge in [0.1, 0.15) is 11.9 Å². The van der Waals surface area contributed by atoms with E-state index in [0.717, 1.165) is 0 Å². The van der Waals surface area contributed by atoms with Gasteiger partial charge in [-0.1, -0.05) is 66.7 Å². The van der Waals surface area contributed by atoms with Crippen molar-refractivity contribution in [1.29, 1.82) is 0 Å². The monoisotopic (exact) mass is 510 g/mol. The highest BCUT2D eigenvalue weighted by molar-refractivity contribution is 7.60. The van der Waals surface area contributed by atoms with Gasteiger partial charge < -0.3 is 13.4 Å². The largest absolute Gasteiger partial charge is 0.402 e. The summed E-state index contributed by atoms with van der Waals surface area (Å²) in [4.78, 5) is 0. The molecule has 0 unspecified atom stereocenters. The Balaban J connectivity index is 1.94. The normalized spacial score (nSPS) is 24.9. The van der Waals surface area contributed by atoms with Crippen LogP contribution < -0.4 is 0 Å².